The maximum Gasteiger partial charge on any atom is 0.0357 e. The van der Waals surface area contributed by atoms with E-state index in [9.17, 15) is 0 Å². The quantitative estimate of drug-likeness (QED) is 0.815. The van der Waals surface area contributed by atoms with Crippen LogP contribution in [0.25, 0.3) is 0 Å². The average Bonchev–Trinajstić information content (AvgIpc) is 2.99. The topological polar surface area (TPSA) is 29.3 Å². The SMILES string of the molecule is CC1CCCC1(CN)N1CCC2(CCCC2)CC1. The lowest BCUT2D eigenvalue weighted by molar-refractivity contribution is 0.00414. The van der Waals surface area contributed by atoms with Crippen molar-refractivity contribution in [3.63, 3.8) is 0 Å². The summed E-state index contributed by atoms with van der Waals surface area (Å²) < 4.78 is 0. The van der Waals surface area contributed by atoms with E-state index in [1.165, 1.54) is 70.9 Å². The first-order valence-corrected chi connectivity index (χ1v) is 8.16. The lowest BCUT2D eigenvalue weighted by Crippen LogP contribution is -2.58. The molecule has 0 amide bonds. The molecule has 0 aromatic carbocycles. The molecule has 2 heteroatoms. The third-order valence-corrected chi connectivity index (χ3v) is 6.64. The van der Waals surface area contributed by atoms with Crippen molar-refractivity contribution in [3.05, 3.63) is 0 Å². The van der Waals surface area contributed by atoms with Crippen LogP contribution < -0.4 is 5.73 Å². The zero-order valence-corrected chi connectivity index (χ0v) is 12.1. The van der Waals surface area contributed by atoms with E-state index in [-0.39, 0.29) is 0 Å². The smallest absolute Gasteiger partial charge is 0.0357 e. The summed E-state index contributed by atoms with van der Waals surface area (Å²) >= 11 is 0. The van der Waals surface area contributed by atoms with Crippen molar-refractivity contribution >= 4 is 0 Å². The Morgan fingerprint density at radius 3 is 2.17 bits per heavy atom. The first-order chi connectivity index (χ1) is 8.71. The van der Waals surface area contributed by atoms with E-state index in [2.05, 4.69) is 11.8 Å². The lowest BCUT2D eigenvalue weighted by Gasteiger charge is -2.50. The Balaban J connectivity index is 1.68. The molecule has 2 N–H and O–H groups in total. The molecular weight excluding hydrogens is 220 g/mol. The standard InChI is InChI=1S/C16H30N2/c1-14-5-4-8-16(14,13-17)18-11-9-15(10-12-18)6-2-3-7-15/h14H,2-13,17H2,1H3. The van der Waals surface area contributed by atoms with Crippen molar-refractivity contribution in [1.82, 2.24) is 4.90 Å². The van der Waals surface area contributed by atoms with Gasteiger partial charge in [-0.1, -0.05) is 26.2 Å². The van der Waals surface area contributed by atoms with E-state index in [1.54, 1.807) is 0 Å². The molecule has 0 bridgehead atoms. The molecule has 2 nitrogen and oxygen atoms in total. The van der Waals surface area contributed by atoms with Crippen molar-refractivity contribution < 1.29 is 0 Å². The largest absolute Gasteiger partial charge is 0.329 e. The van der Waals surface area contributed by atoms with E-state index in [0.717, 1.165) is 17.9 Å². The molecule has 2 saturated carbocycles. The van der Waals surface area contributed by atoms with E-state index in [1.807, 2.05) is 0 Å². The fraction of sp³-hybridized carbons (Fsp3) is 1.00. The van der Waals surface area contributed by atoms with Gasteiger partial charge in [0.2, 0.25) is 0 Å². The number of hydrogen-bond acceptors (Lipinski definition) is 2. The summed E-state index contributed by atoms with van der Waals surface area (Å²) in [5, 5.41) is 0. The van der Waals surface area contributed by atoms with Gasteiger partial charge >= 0.3 is 0 Å². The second-order valence-electron chi connectivity index (χ2n) is 7.30. The van der Waals surface area contributed by atoms with E-state index in [0.29, 0.717) is 5.54 Å². The maximum atomic E-state index is 6.19. The minimum absolute atomic E-state index is 0.361. The Hall–Kier alpha value is -0.0800. The molecule has 1 spiro atoms. The molecule has 1 saturated heterocycles. The molecule has 1 aliphatic heterocycles. The van der Waals surface area contributed by atoms with Crippen LogP contribution in [-0.2, 0) is 0 Å². The van der Waals surface area contributed by atoms with Gasteiger partial charge < -0.3 is 5.73 Å². The first-order valence-electron chi connectivity index (χ1n) is 8.16. The molecule has 18 heavy (non-hydrogen) atoms. The summed E-state index contributed by atoms with van der Waals surface area (Å²) in [6.45, 7) is 5.95. The Labute approximate surface area is 112 Å². The monoisotopic (exact) mass is 250 g/mol. The number of likely N-dealkylation sites (tertiary alicyclic amines) is 1. The average molecular weight is 250 g/mol. The van der Waals surface area contributed by atoms with Gasteiger partial charge in [-0.3, -0.25) is 4.90 Å². The molecule has 3 aliphatic rings. The van der Waals surface area contributed by atoms with E-state index in [4.69, 9.17) is 5.73 Å². The minimum Gasteiger partial charge on any atom is -0.329 e. The van der Waals surface area contributed by atoms with Gasteiger partial charge in [-0.15, -0.1) is 0 Å². The van der Waals surface area contributed by atoms with E-state index < -0.39 is 0 Å². The Morgan fingerprint density at radius 2 is 1.67 bits per heavy atom. The molecule has 2 atom stereocenters. The van der Waals surface area contributed by atoms with Crippen molar-refractivity contribution in [2.45, 2.75) is 70.3 Å². The molecule has 0 aromatic rings. The highest BCUT2D eigenvalue weighted by molar-refractivity contribution is 5.03. The molecule has 2 unspecified atom stereocenters. The van der Waals surface area contributed by atoms with E-state index >= 15 is 0 Å². The molecule has 1 heterocycles. The third kappa shape index (κ3) is 1.92. The number of piperidine rings is 1. The number of hydrogen-bond donors (Lipinski definition) is 1. The van der Waals surface area contributed by atoms with Gasteiger partial charge in [-0.2, -0.15) is 0 Å². The maximum absolute atomic E-state index is 6.19. The van der Waals surface area contributed by atoms with Gasteiger partial charge in [0.1, 0.15) is 0 Å². The van der Waals surface area contributed by atoms with Gasteiger partial charge in [0.15, 0.2) is 0 Å². The molecule has 2 aliphatic carbocycles. The highest BCUT2D eigenvalue weighted by atomic mass is 15.2. The number of nitrogens with zero attached hydrogens (tertiary/aromatic N) is 1. The molecular formula is C16H30N2. The van der Waals surface area contributed by atoms with Crippen molar-refractivity contribution in [2.75, 3.05) is 19.6 Å². The van der Waals surface area contributed by atoms with Gasteiger partial charge in [-0.25, -0.2) is 0 Å². The minimum atomic E-state index is 0.361. The number of rotatable bonds is 2. The summed E-state index contributed by atoms with van der Waals surface area (Å²) in [5.41, 5.74) is 7.30. The van der Waals surface area contributed by atoms with Gasteiger partial charge in [0, 0.05) is 12.1 Å². The summed E-state index contributed by atoms with van der Waals surface area (Å²) in [6.07, 6.45) is 13.0. The third-order valence-electron chi connectivity index (χ3n) is 6.64. The summed E-state index contributed by atoms with van der Waals surface area (Å²) in [4.78, 5) is 2.79. The Morgan fingerprint density at radius 1 is 1.00 bits per heavy atom. The fourth-order valence-electron chi connectivity index (χ4n) is 5.18. The zero-order valence-electron chi connectivity index (χ0n) is 12.1. The molecule has 3 fully saturated rings. The van der Waals surface area contributed by atoms with Crippen LogP contribution in [0.3, 0.4) is 0 Å². The normalized spacial score (nSPS) is 40.7. The highest BCUT2D eigenvalue weighted by Crippen LogP contribution is 2.49. The second kappa shape index (κ2) is 4.79. The van der Waals surface area contributed by atoms with Gasteiger partial charge in [0.25, 0.3) is 0 Å². The zero-order chi connectivity index (χ0) is 12.6. The molecule has 0 radical (unpaired) electrons. The summed E-state index contributed by atoms with van der Waals surface area (Å²) in [5.74, 6) is 0.806. The molecule has 3 rings (SSSR count). The highest BCUT2D eigenvalue weighted by Gasteiger charge is 2.47. The van der Waals surface area contributed by atoms with Crippen molar-refractivity contribution in [3.8, 4) is 0 Å². The van der Waals surface area contributed by atoms with Crippen molar-refractivity contribution in [1.29, 1.82) is 0 Å². The summed E-state index contributed by atoms with van der Waals surface area (Å²) in [7, 11) is 0. The van der Waals surface area contributed by atoms with Crippen LogP contribution in [0.15, 0.2) is 0 Å². The van der Waals surface area contributed by atoms with Crippen LogP contribution in [0.4, 0.5) is 0 Å². The second-order valence-corrected chi connectivity index (χ2v) is 7.30. The predicted molar refractivity (Wildman–Crippen MR) is 76.5 cm³/mol. The van der Waals surface area contributed by atoms with Crippen LogP contribution in [0.1, 0.15) is 64.7 Å². The van der Waals surface area contributed by atoms with Crippen LogP contribution in [-0.4, -0.2) is 30.1 Å². The van der Waals surface area contributed by atoms with Crippen LogP contribution in [0.5, 0.6) is 0 Å². The summed E-state index contributed by atoms with van der Waals surface area (Å²) in [6, 6.07) is 0. The van der Waals surface area contributed by atoms with Crippen LogP contribution in [0, 0.1) is 11.3 Å². The Kier molecular flexibility index (Phi) is 3.44. The molecule has 104 valence electrons. The first kappa shape index (κ1) is 12.9. The fourth-order valence-corrected chi connectivity index (χ4v) is 5.18. The molecule has 0 aromatic heterocycles. The van der Waals surface area contributed by atoms with Crippen LogP contribution in [0.2, 0.25) is 0 Å². The van der Waals surface area contributed by atoms with Gasteiger partial charge in [0.05, 0.1) is 0 Å². The van der Waals surface area contributed by atoms with Gasteiger partial charge in [-0.05, 0) is 62.9 Å². The Bertz CT molecular complexity index is 285. The van der Waals surface area contributed by atoms with Crippen molar-refractivity contribution in [2.24, 2.45) is 17.1 Å². The predicted octanol–water partition coefficient (Wildman–Crippen LogP) is 3.16. The lowest BCUT2D eigenvalue weighted by atomic mass is 9.74. The van der Waals surface area contributed by atoms with Crippen LogP contribution >= 0.6 is 0 Å². The number of nitrogens with two attached hydrogens (primary N) is 1.